The second kappa shape index (κ2) is 4.84. The summed E-state index contributed by atoms with van der Waals surface area (Å²) >= 11 is 1.60. The third kappa shape index (κ3) is 2.14. The van der Waals surface area contributed by atoms with E-state index in [0.29, 0.717) is 23.2 Å². The minimum Gasteiger partial charge on any atom is -0.438 e. The maximum atomic E-state index is 12.4. The van der Waals surface area contributed by atoms with Crippen molar-refractivity contribution in [3.8, 4) is 0 Å². The zero-order chi connectivity index (χ0) is 14.3. The minimum absolute atomic E-state index is 0.0912. The van der Waals surface area contributed by atoms with Crippen molar-refractivity contribution in [2.45, 2.75) is 6.92 Å². The lowest BCUT2D eigenvalue weighted by molar-refractivity contribution is 0.0966. The second-order valence-electron chi connectivity index (χ2n) is 4.56. The topological polar surface area (TPSA) is 84.4 Å². The maximum absolute atomic E-state index is 12.4. The molecule has 3 heterocycles. The molecule has 0 spiro atoms. The van der Waals surface area contributed by atoms with E-state index in [4.69, 9.17) is 10.2 Å². The highest BCUT2D eigenvalue weighted by molar-refractivity contribution is 8.01. The average Bonchev–Trinajstić information content (AvgIpc) is 2.88. The van der Waals surface area contributed by atoms with Crippen LogP contribution in [0.1, 0.15) is 17.3 Å². The second-order valence-corrected chi connectivity index (χ2v) is 5.98. The van der Waals surface area contributed by atoms with Gasteiger partial charge in [-0.15, -0.1) is 0 Å². The zero-order valence-electron chi connectivity index (χ0n) is 11.1. The summed E-state index contributed by atoms with van der Waals surface area (Å²) in [4.78, 5) is 17.6. The van der Waals surface area contributed by atoms with Crippen LogP contribution >= 0.6 is 11.9 Å². The predicted octanol–water partition coefficient (Wildman–Crippen LogP) is 1.96. The van der Waals surface area contributed by atoms with Crippen LogP contribution in [-0.4, -0.2) is 28.8 Å². The highest BCUT2D eigenvalue weighted by atomic mass is 32.2. The van der Waals surface area contributed by atoms with Crippen LogP contribution in [0, 0.1) is 0 Å². The number of allylic oxidation sites excluding steroid dienone is 1. The van der Waals surface area contributed by atoms with Crippen LogP contribution in [0.15, 0.2) is 33.3 Å². The molecule has 0 aliphatic carbocycles. The number of furan rings is 1. The number of anilines is 1. The molecule has 0 saturated heterocycles. The van der Waals surface area contributed by atoms with Crippen LogP contribution in [-0.2, 0) is 0 Å². The van der Waals surface area contributed by atoms with Crippen molar-refractivity contribution in [2.75, 3.05) is 19.3 Å². The SMILES string of the molecule is CC1=C(NC(=O)c2c(N)oc3cccnc23)CN(C)S1. The van der Waals surface area contributed by atoms with Gasteiger partial charge < -0.3 is 15.5 Å². The van der Waals surface area contributed by atoms with Crippen LogP contribution in [0.25, 0.3) is 11.1 Å². The Hall–Kier alpha value is -1.99. The summed E-state index contributed by atoms with van der Waals surface area (Å²) in [5, 5.41) is 2.89. The van der Waals surface area contributed by atoms with Gasteiger partial charge in [-0.1, -0.05) is 0 Å². The molecule has 7 heteroatoms. The Morgan fingerprint density at radius 2 is 2.40 bits per heavy atom. The number of carbonyl (C=O) groups is 1. The number of nitrogens with zero attached hydrogens (tertiary/aromatic N) is 2. The number of aromatic nitrogens is 1. The normalized spacial score (nSPS) is 16.1. The molecule has 2 aromatic heterocycles. The van der Waals surface area contributed by atoms with Gasteiger partial charge in [0.25, 0.3) is 5.91 Å². The van der Waals surface area contributed by atoms with Crippen molar-refractivity contribution in [1.82, 2.24) is 14.6 Å². The number of hydrogen-bond acceptors (Lipinski definition) is 6. The fourth-order valence-corrected chi connectivity index (χ4v) is 3.04. The highest BCUT2D eigenvalue weighted by Crippen LogP contribution is 2.30. The van der Waals surface area contributed by atoms with Crippen molar-refractivity contribution in [3.05, 3.63) is 34.5 Å². The molecular formula is C13H14N4O2S. The summed E-state index contributed by atoms with van der Waals surface area (Å²) in [6.45, 7) is 2.66. The van der Waals surface area contributed by atoms with Gasteiger partial charge >= 0.3 is 0 Å². The van der Waals surface area contributed by atoms with Crippen LogP contribution in [0.5, 0.6) is 0 Å². The van der Waals surface area contributed by atoms with Gasteiger partial charge in [0.05, 0.1) is 6.54 Å². The molecule has 3 N–H and O–H groups in total. The first-order valence-electron chi connectivity index (χ1n) is 6.09. The number of amides is 1. The summed E-state index contributed by atoms with van der Waals surface area (Å²) in [6.07, 6.45) is 1.61. The molecule has 0 radical (unpaired) electrons. The summed E-state index contributed by atoms with van der Waals surface area (Å²) in [5.74, 6) is -0.196. The molecule has 0 aromatic carbocycles. The number of nitrogens with one attached hydrogen (secondary N) is 1. The highest BCUT2D eigenvalue weighted by Gasteiger charge is 2.24. The first-order valence-corrected chi connectivity index (χ1v) is 6.87. The predicted molar refractivity (Wildman–Crippen MR) is 78.8 cm³/mol. The Bertz CT molecular complexity index is 722. The smallest absolute Gasteiger partial charge is 0.263 e. The first kappa shape index (κ1) is 13.0. The van der Waals surface area contributed by atoms with E-state index in [-0.39, 0.29) is 11.8 Å². The van der Waals surface area contributed by atoms with E-state index in [2.05, 4.69) is 10.3 Å². The molecule has 0 atom stereocenters. The average molecular weight is 290 g/mol. The Morgan fingerprint density at radius 3 is 3.10 bits per heavy atom. The van der Waals surface area contributed by atoms with Crippen molar-refractivity contribution in [1.29, 1.82) is 0 Å². The van der Waals surface area contributed by atoms with E-state index in [0.717, 1.165) is 10.6 Å². The standard InChI is InChI=1S/C13H14N4O2S/c1-7-8(6-17(2)20-7)16-13(18)10-11-9(19-12(10)14)4-3-5-15-11/h3-5H,6,14H2,1-2H3,(H,16,18). The molecule has 2 aromatic rings. The molecule has 3 rings (SSSR count). The van der Waals surface area contributed by atoms with Crippen molar-refractivity contribution < 1.29 is 9.21 Å². The molecule has 1 aliphatic rings. The number of carbonyl (C=O) groups excluding carboxylic acids is 1. The summed E-state index contributed by atoms with van der Waals surface area (Å²) in [5.41, 5.74) is 7.96. The van der Waals surface area contributed by atoms with Crippen molar-refractivity contribution in [2.24, 2.45) is 0 Å². The van der Waals surface area contributed by atoms with Gasteiger partial charge in [0.1, 0.15) is 11.1 Å². The molecular weight excluding hydrogens is 276 g/mol. The van der Waals surface area contributed by atoms with E-state index in [1.807, 2.05) is 18.3 Å². The third-order valence-corrected chi connectivity index (χ3v) is 4.02. The lowest BCUT2D eigenvalue weighted by Gasteiger charge is -2.07. The van der Waals surface area contributed by atoms with Crippen LogP contribution in [0.4, 0.5) is 5.88 Å². The third-order valence-electron chi connectivity index (χ3n) is 3.06. The molecule has 0 saturated carbocycles. The van der Waals surface area contributed by atoms with Crippen LogP contribution in [0.3, 0.4) is 0 Å². The monoisotopic (exact) mass is 290 g/mol. The largest absolute Gasteiger partial charge is 0.438 e. The van der Waals surface area contributed by atoms with E-state index >= 15 is 0 Å². The number of likely N-dealkylation sites (N-methyl/N-ethyl adjacent to an activating group) is 1. The fourth-order valence-electron chi connectivity index (χ4n) is 2.15. The van der Waals surface area contributed by atoms with Crippen molar-refractivity contribution in [3.63, 3.8) is 0 Å². The summed E-state index contributed by atoms with van der Waals surface area (Å²) in [7, 11) is 1.97. The number of fused-ring (bicyclic) bond motifs is 1. The van der Waals surface area contributed by atoms with Gasteiger partial charge in [-0.05, 0) is 38.1 Å². The number of rotatable bonds is 2. The Morgan fingerprint density at radius 1 is 1.60 bits per heavy atom. The molecule has 20 heavy (non-hydrogen) atoms. The first-order chi connectivity index (χ1) is 9.56. The van der Waals surface area contributed by atoms with E-state index in [1.54, 1.807) is 30.3 Å². The molecule has 0 bridgehead atoms. The quantitative estimate of drug-likeness (QED) is 0.823. The van der Waals surface area contributed by atoms with Gasteiger partial charge in [-0.25, -0.2) is 4.31 Å². The summed E-state index contributed by atoms with van der Waals surface area (Å²) in [6, 6.07) is 3.47. The number of pyridine rings is 1. The van der Waals surface area contributed by atoms with Crippen LogP contribution in [0.2, 0.25) is 0 Å². The number of nitrogen functional groups attached to an aromatic ring is 1. The Balaban J connectivity index is 1.94. The van der Waals surface area contributed by atoms with Gasteiger partial charge in [0.15, 0.2) is 5.58 Å². The molecule has 104 valence electrons. The number of nitrogens with two attached hydrogens (primary N) is 1. The Labute approximate surface area is 120 Å². The summed E-state index contributed by atoms with van der Waals surface area (Å²) < 4.78 is 7.40. The van der Waals surface area contributed by atoms with Crippen LogP contribution < -0.4 is 11.1 Å². The molecule has 1 aliphatic heterocycles. The van der Waals surface area contributed by atoms with Gasteiger partial charge in [0.2, 0.25) is 5.88 Å². The lowest BCUT2D eigenvalue weighted by Crippen LogP contribution is -2.26. The molecule has 1 amide bonds. The number of hydrogen-bond donors (Lipinski definition) is 2. The lowest BCUT2D eigenvalue weighted by atomic mass is 10.2. The molecule has 0 fully saturated rings. The minimum atomic E-state index is -0.287. The van der Waals surface area contributed by atoms with E-state index in [9.17, 15) is 4.79 Å². The molecule has 0 unspecified atom stereocenters. The zero-order valence-corrected chi connectivity index (χ0v) is 12.0. The van der Waals surface area contributed by atoms with E-state index < -0.39 is 0 Å². The van der Waals surface area contributed by atoms with Gasteiger partial charge in [-0.3, -0.25) is 9.78 Å². The van der Waals surface area contributed by atoms with Gasteiger partial charge in [-0.2, -0.15) is 0 Å². The van der Waals surface area contributed by atoms with Gasteiger partial charge in [0, 0.05) is 16.8 Å². The molecule has 6 nitrogen and oxygen atoms in total. The van der Waals surface area contributed by atoms with E-state index in [1.165, 1.54) is 0 Å². The maximum Gasteiger partial charge on any atom is 0.263 e. The fraction of sp³-hybridized carbons (Fsp3) is 0.231. The van der Waals surface area contributed by atoms with Crippen molar-refractivity contribution >= 4 is 34.8 Å². The Kier molecular flexibility index (Phi) is 3.15.